The molecule has 2 nitrogen and oxygen atoms in total. The van der Waals surface area contributed by atoms with Gasteiger partial charge in [0.25, 0.3) is 0 Å². The number of hydrogen-bond acceptors (Lipinski definition) is 3. The average molecular weight is 404 g/mol. The zero-order chi connectivity index (χ0) is 16.3. The minimum absolute atomic E-state index is 0.0118. The van der Waals surface area contributed by atoms with Crippen LogP contribution in [0.3, 0.4) is 0 Å². The molecule has 2 rings (SSSR count). The molecule has 0 amide bonds. The van der Waals surface area contributed by atoms with Gasteiger partial charge in [-0.1, -0.05) is 23.1 Å². The second kappa shape index (κ2) is 7.37. The van der Waals surface area contributed by atoms with Crippen molar-refractivity contribution in [2.45, 2.75) is 32.6 Å². The first-order valence-electron chi connectivity index (χ1n) is 7.11. The smallest absolute Gasteiger partial charge is 0.160 e. The van der Waals surface area contributed by atoms with E-state index in [9.17, 15) is 4.39 Å². The first kappa shape index (κ1) is 17.8. The molecule has 2 unspecified atom stereocenters. The molecule has 0 N–H and O–H groups in total. The lowest BCUT2D eigenvalue weighted by Crippen LogP contribution is -2.18. The van der Waals surface area contributed by atoms with Crippen LogP contribution in [0.5, 0.6) is 5.75 Å². The van der Waals surface area contributed by atoms with Crippen molar-refractivity contribution in [1.29, 1.82) is 0 Å². The van der Waals surface area contributed by atoms with Gasteiger partial charge in [-0.2, -0.15) is 0 Å². The Morgan fingerprint density at radius 2 is 2.00 bits per heavy atom. The minimum atomic E-state index is -1.41. The molecule has 120 valence electrons. The van der Waals surface area contributed by atoms with E-state index in [0.717, 1.165) is 21.6 Å². The van der Waals surface area contributed by atoms with Gasteiger partial charge < -0.3 is 4.74 Å². The van der Waals surface area contributed by atoms with Crippen LogP contribution in [-0.4, -0.2) is 17.0 Å². The molecule has 0 bridgehead atoms. The maximum absolute atomic E-state index is 13.4. The fourth-order valence-corrected chi connectivity index (χ4v) is 3.86. The lowest BCUT2D eigenvalue weighted by Gasteiger charge is -2.15. The van der Waals surface area contributed by atoms with Gasteiger partial charge in [0.05, 0.1) is 5.69 Å². The molecule has 0 aliphatic heterocycles. The Morgan fingerprint density at radius 1 is 1.36 bits per heavy atom. The van der Waals surface area contributed by atoms with Gasteiger partial charge in [0.15, 0.2) is 9.33 Å². The third-order valence-electron chi connectivity index (χ3n) is 2.91. The summed E-state index contributed by atoms with van der Waals surface area (Å²) >= 11 is 5.15. The number of aromatic nitrogens is 1. The highest BCUT2D eigenvalue weighted by Crippen LogP contribution is 2.33. The molecule has 0 radical (unpaired) electrons. The number of hydrogen-bond donors (Lipinski definition) is 0. The molecule has 0 saturated heterocycles. The highest BCUT2D eigenvalue weighted by atomic mass is 79.9. The maximum atomic E-state index is 13.4. The van der Waals surface area contributed by atoms with Crippen LogP contribution in [0.4, 0.5) is 4.39 Å². The molecule has 1 aromatic carbocycles. The van der Waals surface area contributed by atoms with Gasteiger partial charge in [-0.15, -0.1) is 11.3 Å². The number of halogens is 2. The van der Waals surface area contributed by atoms with Crippen molar-refractivity contribution in [3.63, 3.8) is 0 Å². The third-order valence-corrected chi connectivity index (χ3v) is 4.61. The largest absolute Gasteiger partial charge is 0.490 e. The summed E-state index contributed by atoms with van der Waals surface area (Å²) < 4.78 is 19.8. The molecule has 1 heterocycles. The van der Waals surface area contributed by atoms with Crippen LogP contribution in [0.2, 0.25) is 0 Å². The van der Waals surface area contributed by atoms with Crippen molar-refractivity contribution >= 4 is 36.5 Å². The van der Waals surface area contributed by atoms with Crippen LogP contribution in [0.15, 0.2) is 28.2 Å². The highest BCUT2D eigenvalue weighted by molar-refractivity contribution is 9.11. The van der Waals surface area contributed by atoms with Gasteiger partial charge in [-0.05, 0) is 59.5 Å². The SMILES string of the molecule is CC(C)Cc1sc(Br)nc1-c1ccc(OCC(C)(F)P)cc1. The molecular weight excluding hydrogens is 384 g/mol. The van der Waals surface area contributed by atoms with E-state index in [0.29, 0.717) is 11.7 Å². The number of ether oxygens (including phenoxy) is 1. The summed E-state index contributed by atoms with van der Waals surface area (Å²) in [5.74, 6) is 1.24. The molecule has 0 fully saturated rings. The number of benzene rings is 1. The van der Waals surface area contributed by atoms with Gasteiger partial charge in [0.1, 0.15) is 12.4 Å². The lowest BCUT2D eigenvalue weighted by atomic mass is 10.0. The summed E-state index contributed by atoms with van der Waals surface area (Å²) in [7, 11) is 2.13. The maximum Gasteiger partial charge on any atom is 0.160 e. The Balaban J connectivity index is 2.17. The second-order valence-electron chi connectivity index (χ2n) is 5.93. The van der Waals surface area contributed by atoms with E-state index < -0.39 is 5.41 Å². The monoisotopic (exact) mass is 403 g/mol. The average Bonchev–Trinajstić information content (AvgIpc) is 2.76. The van der Waals surface area contributed by atoms with Crippen LogP contribution in [0, 0.1) is 5.92 Å². The number of rotatable bonds is 6. The Labute approximate surface area is 145 Å². The number of thiazole rings is 1. The van der Waals surface area contributed by atoms with Crippen molar-refractivity contribution in [3.8, 4) is 17.0 Å². The molecule has 1 aromatic heterocycles. The molecule has 0 aliphatic rings. The van der Waals surface area contributed by atoms with Crippen LogP contribution < -0.4 is 4.74 Å². The van der Waals surface area contributed by atoms with Gasteiger partial charge in [-0.3, -0.25) is 0 Å². The third kappa shape index (κ3) is 5.29. The fraction of sp³-hybridized carbons (Fsp3) is 0.438. The zero-order valence-electron chi connectivity index (χ0n) is 12.9. The van der Waals surface area contributed by atoms with E-state index in [-0.39, 0.29) is 6.61 Å². The van der Waals surface area contributed by atoms with Crippen molar-refractivity contribution in [1.82, 2.24) is 4.98 Å². The van der Waals surface area contributed by atoms with Crippen molar-refractivity contribution < 1.29 is 9.13 Å². The summed E-state index contributed by atoms with van der Waals surface area (Å²) in [6.45, 7) is 5.88. The van der Waals surface area contributed by atoms with Crippen LogP contribution in [0.1, 0.15) is 25.6 Å². The van der Waals surface area contributed by atoms with Crippen molar-refractivity contribution in [2.24, 2.45) is 5.92 Å². The summed E-state index contributed by atoms with van der Waals surface area (Å²) in [5, 5.41) is -1.41. The second-order valence-corrected chi connectivity index (χ2v) is 9.49. The molecule has 2 aromatic rings. The molecule has 0 aliphatic carbocycles. The number of alkyl halides is 1. The standard InChI is InChI=1S/C16H20BrFNOPS/c1-10(2)8-13-14(19-15(17)22-13)11-4-6-12(7-5-11)20-9-16(3,18)21/h4-7,10H,8-9,21H2,1-3H3. The number of nitrogens with zero attached hydrogens (tertiary/aromatic N) is 1. The van der Waals surface area contributed by atoms with Gasteiger partial charge in [0, 0.05) is 10.4 Å². The van der Waals surface area contributed by atoms with Gasteiger partial charge in [0.2, 0.25) is 0 Å². The Bertz CT molecular complexity index is 622. The van der Waals surface area contributed by atoms with E-state index in [1.165, 1.54) is 11.8 Å². The highest BCUT2D eigenvalue weighted by Gasteiger charge is 2.17. The van der Waals surface area contributed by atoms with Gasteiger partial charge >= 0.3 is 0 Å². The first-order chi connectivity index (χ1) is 10.2. The summed E-state index contributed by atoms with van der Waals surface area (Å²) in [4.78, 5) is 5.85. The predicted molar refractivity (Wildman–Crippen MR) is 98.5 cm³/mol. The Hall–Kier alpha value is -0.510. The molecule has 2 atom stereocenters. The first-order valence-corrected chi connectivity index (χ1v) is 9.29. The van der Waals surface area contributed by atoms with E-state index in [1.54, 1.807) is 11.3 Å². The van der Waals surface area contributed by atoms with Crippen molar-refractivity contribution in [3.05, 3.63) is 33.1 Å². The molecule has 0 saturated carbocycles. The Kier molecular flexibility index (Phi) is 5.98. The molecule has 0 spiro atoms. The van der Waals surface area contributed by atoms with Crippen LogP contribution in [-0.2, 0) is 6.42 Å². The normalized spacial score (nSPS) is 14.1. The topological polar surface area (TPSA) is 22.1 Å². The van der Waals surface area contributed by atoms with E-state index in [1.807, 2.05) is 24.3 Å². The van der Waals surface area contributed by atoms with Gasteiger partial charge in [-0.25, -0.2) is 9.37 Å². The van der Waals surface area contributed by atoms with E-state index in [2.05, 4.69) is 44.0 Å². The van der Waals surface area contributed by atoms with E-state index in [4.69, 9.17) is 4.74 Å². The fourth-order valence-electron chi connectivity index (χ4n) is 1.99. The van der Waals surface area contributed by atoms with Crippen LogP contribution >= 0.6 is 36.5 Å². The minimum Gasteiger partial charge on any atom is -0.490 e. The van der Waals surface area contributed by atoms with Crippen LogP contribution in [0.25, 0.3) is 11.3 Å². The summed E-state index contributed by atoms with van der Waals surface area (Å²) in [6, 6.07) is 7.66. The van der Waals surface area contributed by atoms with Crippen molar-refractivity contribution in [2.75, 3.05) is 6.61 Å². The molecule has 6 heteroatoms. The zero-order valence-corrected chi connectivity index (χ0v) is 16.5. The Morgan fingerprint density at radius 3 is 2.55 bits per heavy atom. The lowest BCUT2D eigenvalue weighted by molar-refractivity contribution is 0.182. The summed E-state index contributed by atoms with van der Waals surface area (Å²) in [6.07, 6.45) is 1.00. The predicted octanol–water partition coefficient (Wildman–Crippen LogP) is 5.71. The molecule has 22 heavy (non-hydrogen) atoms. The summed E-state index contributed by atoms with van der Waals surface area (Å²) in [5.41, 5.74) is 2.07. The van der Waals surface area contributed by atoms with E-state index >= 15 is 0 Å². The molecular formula is C16H20BrFNOPS. The quantitative estimate of drug-likeness (QED) is 0.576.